The molecule has 3 fully saturated rings. The molecule has 2 saturated heterocycles. The van der Waals surface area contributed by atoms with Gasteiger partial charge in [0.2, 0.25) is 11.8 Å². The zero-order chi connectivity index (χ0) is 25.6. The molecule has 4 aliphatic rings. The van der Waals surface area contributed by atoms with E-state index in [1.165, 1.54) is 12.1 Å². The second-order valence-electron chi connectivity index (χ2n) is 9.01. The Balaban J connectivity index is 1.76. The maximum absolute atomic E-state index is 14.4. The summed E-state index contributed by atoms with van der Waals surface area (Å²) in [6.45, 7) is 0. The lowest BCUT2D eigenvalue weighted by Gasteiger charge is -2.50. The van der Waals surface area contributed by atoms with E-state index in [1.54, 1.807) is 6.08 Å². The summed E-state index contributed by atoms with van der Waals surface area (Å²) in [5, 5.41) is 10.6. The maximum Gasteiger partial charge on any atom is 0.328 e. The zero-order valence-electron chi connectivity index (χ0n) is 17.7. The van der Waals surface area contributed by atoms with E-state index in [-0.39, 0.29) is 23.9 Å². The number of hydrogen-bond donors (Lipinski definition) is 2. The van der Waals surface area contributed by atoms with Gasteiger partial charge in [0.1, 0.15) is 0 Å². The summed E-state index contributed by atoms with van der Waals surface area (Å²) in [5.74, 6) is -9.34. The molecule has 1 aromatic rings. The van der Waals surface area contributed by atoms with Gasteiger partial charge in [-0.2, -0.15) is 4.90 Å². The van der Waals surface area contributed by atoms with Gasteiger partial charge in [0.25, 0.3) is 11.8 Å². The van der Waals surface area contributed by atoms with Crippen LogP contribution in [0.1, 0.15) is 24.3 Å². The number of aromatic hydroxyl groups is 1. The van der Waals surface area contributed by atoms with E-state index in [1.807, 2.05) is 0 Å². The van der Waals surface area contributed by atoms with Gasteiger partial charge in [0.15, 0.2) is 21.3 Å². The Hall–Kier alpha value is -2.50. The lowest BCUT2D eigenvalue weighted by Crippen LogP contribution is -2.60. The minimum absolute atomic E-state index is 0.00395. The predicted octanol–water partition coefficient (Wildman–Crippen LogP) is 2.32. The quantitative estimate of drug-likeness (QED) is 0.235. The third-order valence-corrected chi connectivity index (χ3v) is 9.48. The van der Waals surface area contributed by atoms with Gasteiger partial charge in [-0.3, -0.25) is 24.1 Å². The molecule has 6 atom stereocenters. The van der Waals surface area contributed by atoms with Crippen molar-refractivity contribution >= 4 is 68.8 Å². The Labute approximate surface area is 216 Å². The molecule has 35 heavy (non-hydrogen) atoms. The van der Waals surface area contributed by atoms with E-state index >= 15 is 0 Å². The highest BCUT2D eigenvalue weighted by Gasteiger charge is 2.76. The number of likely N-dealkylation sites (tertiary alicyclic amines) is 2. The van der Waals surface area contributed by atoms with Crippen LogP contribution in [0.3, 0.4) is 0 Å². The van der Waals surface area contributed by atoms with Crippen molar-refractivity contribution in [3.05, 3.63) is 41.2 Å². The molecule has 9 nitrogen and oxygen atoms in total. The van der Waals surface area contributed by atoms with Crippen LogP contribution in [0.25, 0.3) is 0 Å². The van der Waals surface area contributed by atoms with Crippen molar-refractivity contribution in [1.82, 2.24) is 9.80 Å². The third-order valence-electron chi connectivity index (χ3n) is 7.56. The van der Waals surface area contributed by atoms with Gasteiger partial charge in [0, 0.05) is 11.5 Å². The van der Waals surface area contributed by atoms with E-state index in [0.717, 1.165) is 11.0 Å². The van der Waals surface area contributed by atoms with Crippen molar-refractivity contribution in [3.8, 4) is 5.75 Å². The van der Waals surface area contributed by atoms with Gasteiger partial charge in [-0.05, 0) is 24.8 Å². The van der Waals surface area contributed by atoms with Crippen molar-refractivity contribution in [1.29, 1.82) is 0 Å². The van der Waals surface area contributed by atoms with Gasteiger partial charge >= 0.3 is 6.03 Å². The Morgan fingerprint density at radius 2 is 1.86 bits per heavy atom. The Morgan fingerprint density at radius 1 is 1.17 bits per heavy atom. The van der Waals surface area contributed by atoms with E-state index in [0.29, 0.717) is 10.5 Å². The van der Waals surface area contributed by atoms with Gasteiger partial charge in [0.05, 0.1) is 17.3 Å². The highest BCUT2D eigenvalue weighted by Crippen LogP contribution is 2.66. The number of phenolic OH excluding ortho intramolecular Hbond substituents is 1. The molecule has 1 aromatic carbocycles. The average molecular weight is 589 g/mol. The monoisotopic (exact) mass is 587 g/mol. The lowest BCUT2D eigenvalue weighted by atomic mass is 9.56. The number of benzene rings is 1. The number of urea groups is 1. The number of para-hydroxylation sites is 1. The number of phenols is 1. The van der Waals surface area contributed by atoms with Crippen molar-refractivity contribution < 1.29 is 33.5 Å². The number of halogens is 4. The molecule has 2 aliphatic heterocycles. The smallest absolute Gasteiger partial charge is 0.328 e. The number of carbonyl (C=O) groups excluding carboxylic acids is 5. The van der Waals surface area contributed by atoms with Crippen LogP contribution in [0, 0.1) is 23.6 Å². The first-order valence-electron chi connectivity index (χ1n) is 10.6. The van der Waals surface area contributed by atoms with Crippen molar-refractivity contribution in [2.24, 2.45) is 23.5 Å². The number of hydrogen-bond acceptors (Lipinski definition) is 6. The van der Waals surface area contributed by atoms with Crippen LogP contribution in [0.5, 0.6) is 5.75 Å². The minimum atomic E-state index is -2.17. The molecule has 13 heteroatoms. The van der Waals surface area contributed by atoms with Crippen LogP contribution in [0.2, 0.25) is 0 Å². The Morgan fingerprint density at radius 3 is 2.49 bits per heavy atom. The predicted molar refractivity (Wildman–Crippen MR) is 123 cm³/mol. The molecular formula is C22H17BrCl2FN3O6. The summed E-state index contributed by atoms with van der Waals surface area (Å²) in [7, 11) is 0. The number of nitrogens with zero attached hydrogens (tertiary/aromatic N) is 2. The molecule has 2 heterocycles. The SMILES string of the molecule is NC(=O)N1C(=O)C2CC=C3C(CC4(Cl)C(=O)N(CBr)C(=O)C4(Cl)C3c3cccc(F)c3O)C2C1=O. The highest BCUT2D eigenvalue weighted by molar-refractivity contribution is 9.09. The highest BCUT2D eigenvalue weighted by atomic mass is 79.9. The van der Waals surface area contributed by atoms with Crippen LogP contribution in [-0.2, 0) is 19.2 Å². The molecule has 184 valence electrons. The lowest BCUT2D eigenvalue weighted by molar-refractivity contribution is -0.139. The van der Waals surface area contributed by atoms with Crippen LogP contribution in [0.4, 0.5) is 9.18 Å². The van der Waals surface area contributed by atoms with E-state index in [4.69, 9.17) is 28.9 Å². The van der Waals surface area contributed by atoms with E-state index < -0.39 is 74.6 Å². The van der Waals surface area contributed by atoms with E-state index in [9.17, 15) is 33.5 Å². The summed E-state index contributed by atoms with van der Waals surface area (Å²) < 4.78 is 14.4. The number of fused-ring (bicyclic) bond motifs is 4. The molecule has 5 rings (SSSR count). The van der Waals surface area contributed by atoms with Gasteiger partial charge in [-0.1, -0.05) is 39.7 Å². The number of amides is 6. The Bertz CT molecular complexity index is 1280. The van der Waals surface area contributed by atoms with Crippen molar-refractivity contribution in [2.45, 2.75) is 28.5 Å². The molecule has 0 spiro atoms. The molecule has 0 bridgehead atoms. The fourth-order valence-electron chi connectivity index (χ4n) is 6.08. The summed E-state index contributed by atoms with van der Waals surface area (Å²) in [6.07, 6.45) is 1.28. The number of alkyl halides is 3. The molecule has 3 N–H and O–H groups in total. The molecule has 0 radical (unpaired) electrons. The Kier molecular flexibility index (Phi) is 5.36. The molecule has 0 aromatic heterocycles. The first-order valence-corrected chi connectivity index (χ1v) is 12.4. The van der Waals surface area contributed by atoms with Crippen LogP contribution in [0.15, 0.2) is 29.8 Å². The fourth-order valence-corrected chi connectivity index (χ4v) is 7.50. The van der Waals surface area contributed by atoms with Crippen molar-refractivity contribution in [2.75, 3.05) is 5.45 Å². The third kappa shape index (κ3) is 2.83. The second-order valence-corrected chi connectivity index (χ2v) is 10.8. The summed E-state index contributed by atoms with van der Waals surface area (Å²) in [5.41, 5.74) is 5.29. The topological polar surface area (TPSA) is 138 Å². The fraction of sp³-hybridized carbons (Fsp3) is 0.409. The summed E-state index contributed by atoms with van der Waals surface area (Å²) >= 11 is 17.0. The first kappa shape index (κ1) is 24.2. The first-order chi connectivity index (χ1) is 16.4. The normalized spacial score (nSPS) is 36.2. The number of allylic oxidation sites excluding steroid dienone is 2. The van der Waals surface area contributed by atoms with Crippen LogP contribution in [-0.4, -0.2) is 59.8 Å². The average Bonchev–Trinajstić information content (AvgIpc) is 3.14. The minimum Gasteiger partial charge on any atom is -0.505 e. The standard InChI is InChI=1S/C22H17BrCl2FN3O6/c23-7-28-18(33)21(24)6-11-8(4-5-9-13(11)17(32)29(16(9)31)20(27)35)14(22(21,25)19(28)34)10-2-1-3-12(26)15(10)30/h1-4,9,11,13-14,30H,5-7H2,(H2,27,35). The number of nitrogens with two attached hydrogens (primary N) is 1. The largest absolute Gasteiger partial charge is 0.505 e. The molecule has 6 amide bonds. The second kappa shape index (κ2) is 7.75. The zero-order valence-corrected chi connectivity index (χ0v) is 20.8. The number of imide groups is 4. The van der Waals surface area contributed by atoms with Gasteiger partial charge in [-0.15, -0.1) is 23.2 Å². The van der Waals surface area contributed by atoms with Gasteiger partial charge in [-0.25, -0.2) is 9.18 Å². The number of carbonyl (C=O) groups is 5. The van der Waals surface area contributed by atoms with Crippen LogP contribution < -0.4 is 5.73 Å². The number of primary amides is 1. The maximum atomic E-state index is 14.4. The van der Waals surface area contributed by atoms with E-state index in [2.05, 4.69) is 15.9 Å². The number of rotatable bonds is 2. The molecular weight excluding hydrogens is 572 g/mol. The summed E-state index contributed by atoms with van der Waals surface area (Å²) in [4.78, 5) is 61.6. The molecule has 1 saturated carbocycles. The molecule has 2 aliphatic carbocycles. The van der Waals surface area contributed by atoms with Gasteiger partial charge < -0.3 is 10.8 Å². The summed E-state index contributed by atoms with van der Waals surface area (Å²) in [6, 6.07) is 2.44. The van der Waals surface area contributed by atoms with Crippen LogP contribution >= 0.6 is 39.1 Å². The molecule has 6 unspecified atom stereocenters. The van der Waals surface area contributed by atoms with Crippen molar-refractivity contribution in [3.63, 3.8) is 0 Å².